The Hall–Kier alpha value is -9.11. The molecule has 0 spiro atoms. The first kappa shape index (κ1) is 77.2. The monoisotopic (exact) mass is 1520 g/mol. The van der Waals surface area contributed by atoms with Gasteiger partial charge in [0.15, 0.2) is 0 Å². The molecular weight excluding hydrogens is 1450 g/mol. The normalized spacial score (nSPS) is 10.1. The van der Waals surface area contributed by atoms with Gasteiger partial charge in [0.25, 0.3) is 0 Å². The van der Waals surface area contributed by atoms with E-state index in [0.717, 1.165) is 17.2 Å². The van der Waals surface area contributed by atoms with Crippen molar-refractivity contribution < 1.29 is 29.2 Å². The molecule has 14 aromatic rings. The van der Waals surface area contributed by atoms with Crippen LogP contribution in [0.2, 0.25) is 0 Å². The summed E-state index contributed by atoms with van der Waals surface area (Å²) in [6, 6.07) is 137. The number of nitrogen functional groups attached to an aromatic ring is 2. The molecule has 0 unspecified atom stereocenters. The van der Waals surface area contributed by atoms with Gasteiger partial charge in [-0.1, -0.05) is 371 Å². The molecule has 99 heavy (non-hydrogen) atoms. The van der Waals surface area contributed by atoms with E-state index in [9.17, 15) is 8.78 Å². The molecule has 0 aliphatic rings. The Kier molecular flexibility index (Phi) is 32.8. The molecule has 0 saturated heterocycles. The van der Waals surface area contributed by atoms with Crippen molar-refractivity contribution in [3.8, 4) is 6.07 Å². The van der Waals surface area contributed by atoms with Crippen molar-refractivity contribution in [2.75, 3.05) is 11.5 Å². The molecule has 3 nitrogen and oxygen atoms in total. The standard InChI is InChI=1S/4C18H15P.C8H7FN2.C7H7BrFN.CH4.Pd/c4*1-4-10-16(11-5-1)19(17-12-6-2-7-13-17)18-14-8-3-9-15-18;1-5-2-6(4-10)7(9)3-8(5)11;1-4-2-5(8)6(9)3-7(4)10;;/h4*1-15H;2-3H,11H2,1H3;2-3H,10H2,1H3;1H4;. The fraction of sp³-hybridized carbons (Fsp3) is 0.0341. The zero-order valence-electron chi connectivity index (χ0n) is 54.3. The SMILES string of the molecule is C.Cc1cc(Br)c(F)cc1N.Cc1cc(C#N)c(F)cc1N.[Pd].c1ccc(P(c2ccccc2)c2ccccc2)cc1.c1ccc(P(c2ccccc2)c2ccccc2)cc1.c1ccc(P(c2ccccc2)c2ccccc2)cc1.c1ccc(P(c2ccccc2)c2ccccc2)cc1. The molecule has 14 rings (SSSR count). The summed E-state index contributed by atoms with van der Waals surface area (Å²) in [6.07, 6.45) is 0. The van der Waals surface area contributed by atoms with Crippen molar-refractivity contribution in [3.63, 3.8) is 0 Å². The Bertz CT molecular complexity index is 3690. The van der Waals surface area contributed by atoms with Crippen LogP contribution in [-0.4, -0.2) is 0 Å². The van der Waals surface area contributed by atoms with Crippen LogP contribution in [0.4, 0.5) is 20.2 Å². The van der Waals surface area contributed by atoms with E-state index in [0.29, 0.717) is 15.8 Å². The first-order chi connectivity index (χ1) is 47.6. The zero-order chi connectivity index (χ0) is 67.8. The summed E-state index contributed by atoms with van der Waals surface area (Å²) in [7, 11) is -1.78. The fourth-order valence-electron chi connectivity index (χ4n) is 10.2. The smallest absolute Gasteiger partial charge is 0.143 e. The number of nitriles is 1. The molecule has 0 saturated carbocycles. The summed E-state index contributed by atoms with van der Waals surface area (Å²) in [6.45, 7) is 3.56. The molecule has 0 aromatic heterocycles. The predicted octanol–water partition coefficient (Wildman–Crippen LogP) is 18.5. The topological polar surface area (TPSA) is 75.8 Å². The number of nitrogens with two attached hydrogens (primary N) is 2. The van der Waals surface area contributed by atoms with Crippen LogP contribution in [0.3, 0.4) is 0 Å². The van der Waals surface area contributed by atoms with E-state index in [4.69, 9.17) is 16.7 Å². The Balaban J connectivity index is 0.000000169. The number of aryl methyl sites for hydroxylation is 2. The number of benzene rings is 14. The number of nitrogens with zero attached hydrogens (tertiary/aromatic N) is 1. The Morgan fingerprint density at radius 2 is 0.424 bits per heavy atom. The van der Waals surface area contributed by atoms with Crippen LogP contribution in [-0.2, 0) is 20.4 Å². The van der Waals surface area contributed by atoms with Gasteiger partial charge in [0, 0.05) is 31.8 Å². The minimum atomic E-state index is -0.560. The van der Waals surface area contributed by atoms with E-state index in [1.54, 1.807) is 19.1 Å². The quantitative estimate of drug-likeness (QED) is 0.0727. The Morgan fingerprint density at radius 3 is 0.576 bits per heavy atom. The number of hydrogen-bond donors (Lipinski definition) is 2. The van der Waals surface area contributed by atoms with Crippen LogP contribution in [0.1, 0.15) is 24.1 Å². The van der Waals surface area contributed by atoms with E-state index in [1.165, 1.54) is 75.8 Å². The molecule has 0 aliphatic heterocycles. The van der Waals surface area contributed by atoms with E-state index in [1.807, 2.05) is 6.92 Å². The number of hydrogen-bond acceptors (Lipinski definition) is 3. The zero-order valence-corrected chi connectivity index (χ0v) is 61.0. The second kappa shape index (κ2) is 42.0. The van der Waals surface area contributed by atoms with Gasteiger partial charge in [0.05, 0.1) is 10.0 Å². The summed E-state index contributed by atoms with van der Waals surface area (Å²) >= 11 is 3.05. The minimum Gasteiger partial charge on any atom is -0.398 e. The van der Waals surface area contributed by atoms with Gasteiger partial charge < -0.3 is 11.5 Å². The van der Waals surface area contributed by atoms with Gasteiger partial charge in [-0.2, -0.15) is 5.26 Å². The molecule has 0 atom stereocenters. The third kappa shape index (κ3) is 23.5. The first-order valence-corrected chi connectivity index (χ1v) is 37.7. The average Bonchev–Trinajstić information content (AvgIpc) is 0.851. The van der Waals surface area contributed by atoms with Crippen LogP contribution in [0, 0.1) is 36.8 Å². The summed E-state index contributed by atoms with van der Waals surface area (Å²) in [5.74, 6) is -0.876. The Morgan fingerprint density at radius 1 is 0.273 bits per heavy atom. The van der Waals surface area contributed by atoms with Crippen LogP contribution in [0.15, 0.2) is 393 Å². The summed E-state index contributed by atoms with van der Waals surface area (Å²) in [5, 5.41) is 25.2. The van der Waals surface area contributed by atoms with Crippen molar-refractivity contribution in [2.24, 2.45) is 0 Å². The third-order valence-electron chi connectivity index (χ3n) is 15.0. The van der Waals surface area contributed by atoms with Gasteiger partial charge in [-0.05, 0) is 161 Å². The van der Waals surface area contributed by atoms with Gasteiger partial charge in [-0.3, -0.25) is 0 Å². The molecule has 0 amide bonds. The number of halogens is 3. The van der Waals surface area contributed by atoms with Gasteiger partial charge in [-0.25, -0.2) is 8.78 Å². The van der Waals surface area contributed by atoms with E-state index in [-0.39, 0.29) is 39.2 Å². The third-order valence-corrected chi connectivity index (χ3v) is 25.3. The molecule has 0 heterocycles. The van der Waals surface area contributed by atoms with E-state index < -0.39 is 37.5 Å². The van der Waals surface area contributed by atoms with Crippen molar-refractivity contribution in [1.29, 1.82) is 5.26 Å². The van der Waals surface area contributed by atoms with E-state index >= 15 is 0 Å². The Labute approximate surface area is 612 Å². The van der Waals surface area contributed by atoms with Gasteiger partial charge >= 0.3 is 0 Å². The maximum atomic E-state index is 12.7. The van der Waals surface area contributed by atoms with Crippen LogP contribution < -0.4 is 75.1 Å². The number of anilines is 2. The second-order valence-corrected chi connectivity index (χ2v) is 31.5. The minimum absolute atomic E-state index is 0. The molecule has 0 bridgehead atoms. The first-order valence-electron chi connectivity index (χ1n) is 31.5. The molecular formula is C88H78BrF2N3P4Pd. The molecule has 496 valence electrons. The van der Waals surface area contributed by atoms with Crippen LogP contribution in [0.25, 0.3) is 0 Å². The van der Waals surface area contributed by atoms with Crippen LogP contribution in [0.5, 0.6) is 0 Å². The van der Waals surface area contributed by atoms with Gasteiger partial charge in [-0.15, -0.1) is 0 Å². The molecule has 11 heteroatoms. The predicted molar refractivity (Wildman–Crippen MR) is 431 cm³/mol. The fourth-order valence-corrected chi connectivity index (χ4v) is 19.8. The van der Waals surface area contributed by atoms with Crippen molar-refractivity contribution >= 4 is 123 Å². The largest absolute Gasteiger partial charge is 0.398 e. The molecule has 4 N–H and O–H groups in total. The molecule has 0 fully saturated rings. The van der Waals surface area contributed by atoms with E-state index in [2.05, 4.69) is 380 Å². The second-order valence-electron chi connectivity index (χ2n) is 21.8. The van der Waals surface area contributed by atoms with Crippen molar-refractivity contribution in [2.45, 2.75) is 21.3 Å². The van der Waals surface area contributed by atoms with Crippen LogP contribution >= 0.6 is 47.6 Å². The van der Waals surface area contributed by atoms with Crippen molar-refractivity contribution in [1.82, 2.24) is 0 Å². The van der Waals surface area contributed by atoms with Gasteiger partial charge in [0.2, 0.25) is 0 Å². The van der Waals surface area contributed by atoms with Gasteiger partial charge in [0.1, 0.15) is 17.7 Å². The summed E-state index contributed by atoms with van der Waals surface area (Å²) in [4.78, 5) is 0. The molecule has 0 aliphatic carbocycles. The maximum Gasteiger partial charge on any atom is 0.143 e. The molecule has 0 radical (unpaired) electrons. The number of rotatable bonds is 12. The average molecular weight is 1530 g/mol. The maximum absolute atomic E-state index is 12.7. The summed E-state index contributed by atoms with van der Waals surface area (Å²) in [5.41, 5.74) is 13.3. The van der Waals surface area contributed by atoms with Crippen molar-refractivity contribution in [3.05, 3.63) is 421 Å². The summed E-state index contributed by atoms with van der Waals surface area (Å²) < 4.78 is 25.8. The molecule has 14 aromatic carbocycles.